The van der Waals surface area contributed by atoms with Crippen molar-refractivity contribution >= 4 is 33.5 Å². The molecule has 2 aromatic rings. The number of anilines is 1. The Morgan fingerprint density at radius 3 is 2.37 bits per heavy atom. The van der Waals surface area contributed by atoms with E-state index in [0.717, 1.165) is 0 Å². The summed E-state index contributed by atoms with van der Waals surface area (Å²) in [6, 6.07) is 13.6. The summed E-state index contributed by atoms with van der Waals surface area (Å²) in [5.41, 5.74) is 0.567. The van der Waals surface area contributed by atoms with Gasteiger partial charge in [-0.15, -0.1) is 0 Å². The largest absolute Gasteiger partial charge is 0.454 e. The summed E-state index contributed by atoms with van der Waals surface area (Å²) in [6.07, 6.45) is 0. The van der Waals surface area contributed by atoms with Crippen molar-refractivity contribution in [1.82, 2.24) is 5.32 Å². The van der Waals surface area contributed by atoms with E-state index >= 15 is 0 Å². The Hall–Kier alpha value is -3.24. The lowest BCUT2D eigenvalue weighted by Gasteiger charge is -2.08. The molecule has 9 nitrogen and oxygen atoms in total. The van der Waals surface area contributed by atoms with Crippen LogP contribution in [-0.4, -0.2) is 39.4 Å². The van der Waals surface area contributed by atoms with Crippen molar-refractivity contribution < 1.29 is 27.5 Å². The summed E-state index contributed by atoms with van der Waals surface area (Å²) < 4.78 is 27.3. The number of ether oxygens (including phenoxy) is 1. The van der Waals surface area contributed by atoms with Gasteiger partial charge in [0, 0.05) is 11.3 Å². The highest BCUT2D eigenvalue weighted by Crippen LogP contribution is 2.13. The number of esters is 1. The van der Waals surface area contributed by atoms with Gasteiger partial charge in [-0.1, -0.05) is 24.3 Å². The van der Waals surface area contributed by atoms with E-state index in [0.29, 0.717) is 5.56 Å². The van der Waals surface area contributed by atoms with Crippen molar-refractivity contribution in [1.29, 1.82) is 0 Å². The fourth-order valence-corrected chi connectivity index (χ4v) is 2.55. The molecular formula is C17H17N3O6S. The van der Waals surface area contributed by atoms with E-state index in [4.69, 9.17) is 9.88 Å². The van der Waals surface area contributed by atoms with Gasteiger partial charge in [0.15, 0.2) is 6.61 Å². The quantitative estimate of drug-likeness (QED) is 0.577. The van der Waals surface area contributed by atoms with E-state index in [-0.39, 0.29) is 10.6 Å². The average molecular weight is 391 g/mol. The minimum Gasteiger partial charge on any atom is -0.454 e. The first kappa shape index (κ1) is 20.1. The number of nitrogens with two attached hydrogens (primary N) is 1. The van der Waals surface area contributed by atoms with Crippen LogP contribution in [-0.2, 0) is 24.3 Å². The van der Waals surface area contributed by atoms with Crippen molar-refractivity contribution in [2.45, 2.75) is 4.90 Å². The molecule has 0 aromatic heterocycles. The van der Waals surface area contributed by atoms with Gasteiger partial charge in [-0.3, -0.25) is 14.4 Å². The number of rotatable bonds is 7. The number of primary sulfonamides is 1. The highest BCUT2D eigenvalue weighted by Gasteiger charge is 2.12. The van der Waals surface area contributed by atoms with E-state index < -0.39 is 41.0 Å². The van der Waals surface area contributed by atoms with Crippen LogP contribution < -0.4 is 15.8 Å². The number of carbonyl (C=O) groups excluding carboxylic acids is 3. The van der Waals surface area contributed by atoms with Gasteiger partial charge in [0.05, 0.1) is 4.90 Å². The second-order valence-electron chi connectivity index (χ2n) is 5.33. The zero-order chi connectivity index (χ0) is 19.9. The van der Waals surface area contributed by atoms with Crippen LogP contribution in [0.15, 0.2) is 59.5 Å². The molecule has 27 heavy (non-hydrogen) atoms. The number of amides is 2. The first-order valence-corrected chi connectivity index (χ1v) is 9.22. The van der Waals surface area contributed by atoms with E-state index in [2.05, 4.69) is 10.6 Å². The summed E-state index contributed by atoms with van der Waals surface area (Å²) in [5.74, 6) is -1.92. The molecule has 0 bridgehead atoms. The Labute approximate surface area is 155 Å². The van der Waals surface area contributed by atoms with Crippen LogP contribution in [0, 0.1) is 0 Å². The SMILES string of the molecule is NS(=O)(=O)c1cccc(NC(=O)COC(=O)CNC(=O)c2ccccc2)c1. The van der Waals surface area contributed by atoms with Crippen molar-refractivity contribution in [2.75, 3.05) is 18.5 Å². The molecule has 0 saturated carbocycles. The molecule has 10 heteroatoms. The summed E-state index contributed by atoms with van der Waals surface area (Å²) >= 11 is 0. The van der Waals surface area contributed by atoms with E-state index in [1.807, 2.05) is 0 Å². The number of carbonyl (C=O) groups is 3. The first-order chi connectivity index (χ1) is 12.8. The lowest BCUT2D eigenvalue weighted by Crippen LogP contribution is -2.32. The molecule has 0 spiro atoms. The zero-order valence-corrected chi connectivity index (χ0v) is 14.9. The molecule has 0 heterocycles. The lowest BCUT2D eigenvalue weighted by atomic mass is 10.2. The molecule has 4 N–H and O–H groups in total. The highest BCUT2D eigenvalue weighted by molar-refractivity contribution is 7.89. The molecule has 0 atom stereocenters. The Balaban J connectivity index is 1.78. The number of hydrogen-bond donors (Lipinski definition) is 3. The fourth-order valence-electron chi connectivity index (χ4n) is 1.99. The summed E-state index contributed by atoms with van der Waals surface area (Å²) in [5, 5.41) is 9.76. The highest BCUT2D eigenvalue weighted by atomic mass is 32.2. The third-order valence-corrected chi connectivity index (χ3v) is 4.15. The minimum absolute atomic E-state index is 0.166. The molecule has 2 amide bonds. The molecule has 0 aliphatic rings. The smallest absolute Gasteiger partial charge is 0.325 e. The Morgan fingerprint density at radius 1 is 1.00 bits per heavy atom. The maximum Gasteiger partial charge on any atom is 0.325 e. The lowest BCUT2D eigenvalue weighted by molar-refractivity contribution is -0.146. The van der Waals surface area contributed by atoms with Crippen molar-refractivity contribution in [3.63, 3.8) is 0 Å². The Bertz CT molecular complexity index is 944. The molecule has 0 aliphatic heterocycles. The fraction of sp³-hybridized carbons (Fsp3) is 0.118. The number of hydrogen-bond acceptors (Lipinski definition) is 6. The van der Waals surface area contributed by atoms with E-state index in [1.165, 1.54) is 24.3 Å². The van der Waals surface area contributed by atoms with E-state index in [9.17, 15) is 22.8 Å². The molecule has 0 aliphatic carbocycles. The Morgan fingerprint density at radius 2 is 1.70 bits per heavy atom. The molecule has 0 radical (unpaired) electrons. The third kappa shape index (κ3) is 6.53. The molecule has 0 fully saturated rings. The maximum absolute atomic E-state index is 11.8. The maximum atomic E-state index is 11.8. The summed E-state index contributed by atoms with van der Waals surface area (Å²) in [6.45, 7) is -0.998. The van der Waals surface area contributed by atoms with Gasteiger partial charge < -0.3 is 15.4 Å². The van der Waals surface area contributed by atoms with Gasteiger partial charge in [-0.25, -0.2) is 13.6 Å². The normalized spacial score (nSPS) is 10.7. The Kier molecular flexibility index (Phi) is 6.63. The molecule has 0 saturated heterocycles. The van der Waals surface area contributed by atoms with Crippen LogP contribution >= 0.6 is 0 Å². The standard InChI is InChI=1S/C17H17N3O6S/c18-27(24,25)14-8-4-7-13(9-14)20-15(21)11-26-16(22)10-19-17(23)12-5-2-1-3-6-12/h1-9H,10-11H2,(H,19,23)(H,20,21)(H2,18,24,25). The monoisotopic (exact) mass is 391 g/mol. The second-order valence-corrected chi connectivity index (χ2v) is 6.89. The van der Waals surface area contributed by atoms with Gasteiger partial charge in [0.2, 0.25) is 10.0 Å². The molecular weight excluding hydrogens is 374 g/mol. The third-order valence-electron chi connectivity index (χ3n) is 3.24. The van der Waals surface area contributed by atoms with Crippen molar-refractivity contribution in [2.24, 2.45) is 5.14 Å². The summed E-state index contributed by atoms with van der Waals surface area (Å²) in [7, 11) is -3.90. The topological polar surface area (TPSA) is 145 Å². The predicted octanol–water partition coefficient (Wildman–Crippen LogP) is 0.246. The van der Waals surface area contributed by atoms with Crippen LogP contribution in [0.25, 0.3) is 0 Å². The molecule has 2 aromatic carbocycles. The van der Waals surface area contributed by atoms with Gasteiger partial charge in [0.25, 0.3) is 11.8 Å². The van der Waals surface area contributed by atoms with Crippen LogP contribution in [0.3, 0.4) is 0 Å². The number of nitrogens with one attached hydrogen (secondary N) is 2. The van der Waals surface area contributed by atoms with Crippen LogP contribution in [0.2, 0.25) is 0 Å². The predicted molar refractivity (Wildman–Crippen MR) is 96.2 cm³/mol. The van der Waals surface area contributed by atoms with Crippen molar-refractivity contribution in [3.05, 3.63) is 60.2 Å². The van der Waals surface area contributed by atoms with Gasteiger partial charge in [-0.05, 0) is 30.3 Å². The van der Waals surface area contributed by atoms with Crippen molar-refractivity contribution in [3.8, 4) is 0 Å². The minimum atomic E-state index is -3.90. The average Bonchev–Trinajstić information content (AvgIpc) is 2.64. The summed E-state index contributed by atoms with van der Waals surface area (Å²) in [4.78, 5) is 35.0. The molecule has 0 unspecified atom stereocenters. The molecule has 2 rings (SSSR count). The van der Waals surface area contributed by atoms with Crippen LogP contribution in [0.1, 0.15) is 10.4 Å². The van der Waals surface area contributed by atoms with Crippen LogP contribution in [0.4, 0.5) is 5.69 Å². The van der Waals surface area contributed by atoms with Gasteiger partial charge >= 0.3 is 5.97 Å². The zero-order valence-electron chi connectivity index (χ0n) is 14.0. The van der Waals surface area contributed by atoms with E-state index in [1.54, 1.807) is 30.3 Å². The second kappa shape index (κ2) is 8.92. The molecule has 142 valence electrons. The van der Waals surface area contributed by atoms with Crippen LogP contribution in [0.5, 0.6) is 0 Å². The first-order valence-electron chi connectivity index (χ1n) is 7.67. The van der Waals surface area contributed by atoms with Gasteiger partial charge in [-0.2, -0.15) is 0 Å². The number of benzene rings is 2. The van der Waals surface area contributed by atoms with Gasteiger partial charge in [0.1, 0.15) is 6.54 Å². The number of sulfonamides is 1.